The Labute approximate surface area is 187 Å². The Morgan fingerprint density at radius 3 is 2.33 bits per heavy atom. The van der Waals surface area contributed by atoms with Crippen molar-refractivity contribution in [1.82, 2.24) is 0 Å². The number of thiophene rings is 1. The van der Waals surface area contributed by atoms with Crippen LogP contribution in [0.1, 0.15) is 51.4 Å². The van der Waals surface area contributed by atoms with Crippen LogP contribution in [0.4, 0.5) is 5.00 Å². The van der Waals surface area contributed by atoms with Crippen LogP contribution in [0.5, 0.6) is 11.5 Å². The summed E-state index contributed by atoms with van der Waals surface area (Å²) in [6.45, 7) is 5.00. The first kappa shape index (κ1) is 23.9. The average molecular weight is 498 g/mol. The third-order valence-electron chi connectivity index (χ3n) is 4.37. The summed E-state index contributed by atoms with van der Waals surface area (Å²) in [6, 6.07) is 3.59. The van der Waals surface area contributed by atoms with Crippen LogP contribution in [0, 0.1) is 6.92 Å². The fraction of sp³-hybridized carbons (Fsp3) is 0.381. The van der Waals surface area contributed by atoms with Crippen molar-refractivity contribution in [2.75, 3.05) is 26.1 Å². The molecule has 0 saturated heterocycles. The van der Waals surface area contributed by atoms with Crippen LogP contribution in [-0.2, 0) is 16.0 Å². The Morgan fingerprint density at radius 2 is 1.77 bits per heavy atom. The van der Waals surface area contributed by atoms with Gasteiger partial charge in [-0.25, -0.2) is 4.79 Å². The standard InChI is InChI=1S/C21H24BrNO6S/c1-6-29-21(26)18-11(2)19(12(3)24)30-20(18)23-17(25)8-7-13-9-15(27-4)16(28-5)10-14(13)22/h9-10H,6-8H2,1-5H3,(H,23,25). The van der Waals surface area contributed by atoms with E-state index in [9.17, 15) is 14.4 Å². The Morgan fingerprint density at radius 1 is 1.13 bits per heavy atom. The number of nitrogens with one attached hydrogen (secondary N) is 1. The van der Waals surface area contributed by atoms with Gasteiger partial charge in [0.15, 0.2) is 17.3 Å². The third kappa shape index (κ3) is 5.40. The molecule has 162 valence electrons. The second-order valence-corrected chi connectivity index (χ2v) is 8.26. The maximum Gasteiger partial charge on any atom is 0.341 e. The normalized spacial score (nSPS) is 10.5. The SMILES string of the molecule is CCOC(=O)c1c(NC(=O)CCc2cc(OC)c(OC)cc2Br)sc(C(C)=O)c1C. The maximum atomic E-state index is 12.6. The van der Waals surface area contributed by atoms with Gasteiger partial charge in [0, 0.05) is 10.9 Å². The number of rotatable bonds is 9. The van der Waals surface area contributed by atoms with E-state index in [1.807, 2.05) is 6.07 Å². The topological polar surface area (TPSA) is 90.9 Å². The van der Waals surface area contributed by atoms with Crippen molar-refractivity contribution in [3.63, 3.8) is 0 Å². The van der Waals surface area contributed by atoms with Crippen molar-refractivity contribution >= 4 is 49.9 Å². The predicted molar refractivity (Wildman–Crippen MR) is 119 cm³/mol. The van der Waals surface area contributed by atoms with Crippen molar-refractivity contribution in [2.24, 2.45) is 0 Å². The molecule has 9 heteroatoms. The molecule has 1 heterocycles. The number of methoxy groups -OCH3 is 2. The predicted octanol–water partition coefficient (Wildman–Crippen LogP) is 4.79. The molecule has 0 fully saturated rings. The zero-order valence-electron chi connectivity index (χ0n) is 17.5. The summed E-state index contributed by atoms with van der Waals surface area (Å²) in [4.78, 5) is 37.2. The zero-order chi connectivity index (χ0) is 22.4. The van der Waals surface area contributed by atoms with E-state index in [1.54, 1.807) is 34.1 Å². The van der Waals surface area contributed by atoms with Crippen LogP contribution in [-0.4, -0.2) is 38.5 Å². The molecule has 0 saturated carbocycles. The number of carbonyl (C=O) groups is 3. The number of ether oxygens (including phenoxy) is 3. The average Bonchev–Trinajstić information content (AvgIpc) is 3.02. The molecule has 0 spiro atoms. The van der Waals surface area contributed by atoms with Crippen molar-refractivity contribution in [2.45, 2.75) is 33.6 Å². The molecular weight excluding hydrogens is 474 g/mol. The molecule has 0 radical (unpaired) electrons. The summed E-state index contributed by atoms with van der Waals surface area (Å²) >= 11 is 4.57. The summed E-state index contributed by atoms with van der Waals surface area (Å²) < 4.78 is 16.5. The number of Topliss-reactive ketones (excluding diaryl/α,β-unsaturated/α-hetero) is 1. The second-order valence-electron chi connectivity index (χ2n) is 6.38. The van der Waals surface area contributed by atoms with E-state index in [1.165, 1.54) is 6.92 Å². The number of aryl methyl sites for hydroxylation is 1. The number of hydrogen-bond donors (Lipinski definition) is 1. The Hall–Kier alpha value is -2.39. The summed E-state index contributed by atoms with van der Waals surface area (Å²) in [5, 5.41) is 3.09. The molecule has 30 heavy (non-hydrogen) atoms. The van der Waals surface area contributed by atoms with Crippen LogP contribution >= 0.6 is 27.3 Å². The molecule has 0 bridgehead atoms. The van der Waals surface area contributed by atoms with Crippen LogP contribution in [0.3, 0.4) is 0 Å². The molecule has 0 atom stereocenters. The van der Waals surface area contributed by atoms with Gasteiger partial charge in [0.1, 0.15) is 5.00 Å². The monoisotopic (exact) mass is 497 g/mol. The minimum Gasteiger partial charge on any atom is -0.493 e. The maximum absolute atomic E-state index is 12.6. The lowest BCUT2D eigenvalue weighted by Crippen LogP contribution is -2.15. The molecular formula is C21H24BrNO6S. The van der Waals surface area contributed by atoms with Gasteiger partial charge in [-0.1, -0.05) is 15.9 Å². The molecule has 0 unspecified atom stereocenters. The Kier molecular flexibility index (Phi) is 8.43. The molecule has 2 rings (SSSR count). The van der Waals surface area contributed by atoms with Gasteiger partial charge in [-0.15, -0.1) is 11.3 Å². The van der Waals surface area contributed by atoms with E-state index in [4.69, 9.17) is 14.2 Å². The van der Waals surface area contributed by atoms with E-state index in [2.05, 4.69) is 21.2 Å². The molecule has 1 aromatic heterocycles. The fourth-order valence-electron chi connectivity index (χ4n) is 2.91. The minimum absolute atomic E-state index is 0.169. The molecule has 7 nitrogen and oxygen atoms in total. The highest BCUT2D eigenvalue weighted by atomic mass is 79.9. The zero-order valence-corrected chi connectivity index (χ0v) is 19.9. The van der Waals surface area contributed by atoms with Crippen LogP contribution < -0.4 is 14.8 Å². The summed E-state index contributed by atoms with van der Waals surface area (Å²) in [7, 11) is 3.10. The minimum atomic E-state index is -0.559. The number of benzene rings is 1. The quantitative estimate of drug-likeness (QED) is 0.395. The lowest BCUT2D eigenvalue weighted by molar-refractivity contribution is -0.116. The fourth-order valence-corrected chi connectivity index (χ4v) is 4.54. The first-order valence-corrected chi connectivity index (χ1v) is 10.9. The van der Waals surface area contributed by atoms with E-state index in [0.29, 0.717) is 33.4 Å². The van der Waals surface area contributed by atoms with E-state index in [0.717, 1.165) is 21.4 Å². The van der Waals surface area contributed by atoms with E-state index in [-0.39, 0.29) is 30.3 Å². The molecule has 2 aromatic rings. The number of halogens is 1. The summed E-state index contributed by atoms with van der Waals surface area (Å²) in [6.07, 6.45) is 0.605. The first-order chi connectivity index (χ1) is 14.2. The Balaban J connectivity index is 2.20. The van der Waals surface area contributed by atoms with Gasteiger partial charge in [-0.2, -0.15) is 0 Å². The van der Waals surface area contributed by atoms with Crippen molar-refractivity contribution < 1.29 is 28.6 Å². The molecule has 1 N–H and O–H groups in total. The number of amides is 1. The molecule has 0 aliphatic carbocycles. The highest BCUT2D eigenvalue weighted by molar-refractivity contribution is 9.10. The second kappa shape index (κ2) is 10.6. The van der Waals surface area contributed by atoms with Gasteiger partial charge in [-0.3, -0.25) is 9.59 Å². The number of carbonyl (C=O) groups excluding carboxylic acids is 3. The number of hydrogen-bond acceptors (Lipinski definition) is 7. The van der Waals surface area contributed by atoms with Gasteiger partial charge in [0.05, 0.1) is 31.3 Å². The first-order valence-electron chi connectivity index (χ1n) is 9.25. The van der Waals surface area contributed by atoms with E-state index < -0.39 is 5.97 Å². The van der Waals surface area contributed by atoms with Gasteiger partial charge in [0.25, 0.3) is 0 Å². The number of esters is 1. The number of anilines is 1. The molecule has 0 aliphatic heterocycles. The number of ketones is 1. The van der Waals surface area contributed by atoms with Gasteiger partial charge >= 0.3 is 5.97 Å². The Bertz CT molecular complexity index is 969. The van der Waals surface area contributed by atoms with Gasteiger partial charge in [-0.05, 0) is 50.5 Å². The lowest BCUT2D eigenvalue weighted by Gasteiger charge is -2.12. The van der Waals surface area contributed by atoms with Crippen molar-refractivity contribution in [1.29, 1.82) is 0 Å². The highest BCUT2D eigenvalue weighted by Crippen LogP contribution is 2.35. The third-order valence-corrected chi connectivity index (χ3v) is 6.42. The summed E-state index contributed by atoms with van der Waals surface area (Å²) in [5.74, 6) is 0.149. The molecule has 1 amide bonds. The van der Waals surface area contributed by atoms with Crippen molar-refractivity contribution in [3.8, 4) is 11.5 Å². The summed E-state index contributed by atoms with van der Waals surface area (Å²) in [5.41, 5.74) is 1.62. The van der Waals surface area contributed by atoms with Crippen LogP contribution in [0.15, 0.2) is 16.6 Å². The lowest BCUT2D eigenvalue weighted by atomic mass is 10.1. The van der Waals surface area contributed by atoms with Crippen LogP contribution in [0.25, 0.3) is 0 Å². The van der Waals surface area contributed by atoms with Gasteiger partial charge < -0.3 is 19.5 Å². The van der Waals surface area contributed by atoms with Gasteiger partial charge in [0.2, 0.25) is 5.91 Å². The molecule has 1 aromatic carbocycles. The van der Waals surface area contributed by atoms with Crippen molar-refractivity contribution in [3.05, 3.63) is 38.2 Å². The largest absolute Gasteiger partial charge is 0.493 e. The smallest absolute Gasteiger partial charge is 0.341 e. The molecule has 0 aliphatic rings. The van der Waals surface area contributed by atoms with E-state index >= 15 is 0 Å². The van der Waals surface area contributed by atoms with Crippen LogP contribution in [0.2, 0.25) is 0 Å². The highest BCUT2D eigenvalue weighted by Gasteiger charge is 2.25.